The Morgan fingerprint density at radius 2 is 1.63 bits per heavy atom. The van der Waals surface area contributed by atoms with Crippen molar-refractivity contribution in [3.63, 3.8) is 0 Å². The summed E-state index contributed by atoms with van der Waals surface area (Å²) in [6.07, 6.45) is 2.49. The number of ketones is 1. The first-order chi connectivity index (χ1) is 14.1. The molecule has 1 aromatic heterocycles. The molecule has 0 atom stereocenters. The molecule has 3 rings (SSSR count). The Morgan fingerprint density at radius 3 is 2.17 bits per heavy atom. The van der Waals surface area contributed by atoms with Crippen molar-refractivity contribution in [3.8, 4) is 5.88 Å². The molecule has 8 heteroatoms. The molecular formula is C22H22N2O5S. The first-order valence-electron chi connectivity index (χ1n) is 9.32. The lowest BCUT2D eigenvalue weighted by Gasteiger charge is -2.11. The zero-order valence-electron chi connectivity index (χ0n) is 17.2. The van der Waals surface area contributed by atoms with Crippen LogP contribution in [-0.4, -0.2) is 36.2 Å². The van der Waals surface area contributed by atoms with E-state index in [0.717, 1.165) is 6.26 Å². The molecule has 2 aromatic carbocycles. The van der Waals surface area contributed by atoms with Gasteiger partial charge in [-0.2, -0.15) is 5.10 Å². The average molecular weight is 426 g/mol. The largest absolute Gasteiger partial charge is 0.403 e. The standard InChI is InChI=1S/C22H22N2O5S/c1-5-24-21(29-22(26)16-9-7-6-8-10-16)18(13-23-24)19(25)17-11-14(2)20(15(3)12-17)30(4,27)28/h6-13H,5H2,1-4H3. The SMILES string of the molecule is CCn1ncc(C(=O)c2cc(C)c(S(C)(=O)=O)c(C)c2)c1OC(=O)c1ccccc1. The number of carbonyl (C=O) groups excluding carboxylic acids is 2. The highest BCUT2D eigenvalue weighted by atomic mass is 32.2. The van der Waals surface area contributed by atoms with Crippen molar-refractivity contribution >= 4 is 21.6 Å². The van der Waals surface area contributed by atoms with E-state index in [4.69, 9.17) is 4.74 Å². The number of benzene rings is 2. The molecule has 0 aliphatic rings. The van der Waals surface area contributed by atoms with E-state index in [-0.39, 0.29) is 16.3 Å². The number of esters is 1. The first-order valence-corrected chi connectivity index (χ1v) is 11.2. The summed E-state index contributed by atoms with van der Waals surface area (Å²) in [5.41, 5.74) is 1.74. The number of nitrogens with zero attached hydrogens (tertiary/aromatic N) is 2. The fourth-order valence-electron chi connectivity index (χ4n) is 3.41. The summed E-state index contributed by atoms with van der Waals surface area (Å²) >= 11 is 0. The van der Waals surface area contributed by atoms with Gasteiger partial charge in [0.25, 0.3) is 0 Å². The maximum absolute atomic E-state index is 13.2. The Bertz CT molecular complexity index is 1200. The third-order valence-corrected chi connectivity index (χ3v) is 6.01. The van der Waals surface area contributed by atoms with E-state index in [2.05, 4.69) is 5.10 Å². The van der Waals surface area contributed by atoms with Gasteiger partial charge in [0.1, 0.15) is 5.56 Å². The summed E-state index contributed by atoms with van der Waals surface area (Å²) in [6, 6.07) is 11.5. The molecule has 0 N–H and O–H groups in total. The second kappa shape index (κ2) is 8.23. The lowest BCUT2D eigenvalue weighted by atomic mass is 10.0. The lowest BCUT2D eigenvalue weighted by molar-refractivity contribution is 0.0716. The zero-order valence-corrected chi connectivity index (χ0v) is 18.0. The van der Waals surface area contributed by atoms with E-state index in [0.29, 0.717) is 28.8 Å². The maximum atomic E-state index is 13.2. The molecule has 0 spiro atoms. The maximum Gasteiger partial charge on any atom is 0.344 e. The predicted molar refractivity (Wildman–Crippen MR) is 112 cm³/mol. The molecule has 0 fully saturated rings. The van der Waals surface area contributed by atoms with Gasteiger partial charge in [0.2, 0.25) is 5.88 Å². The van der Waals surface area contributed by atoms with Crippen LogP contribution in [0.1, 0.15) is 44.3 Å². The third-order valence-electron chi connectivity index (χ3n) is 4.63. The van der Waals surface area contributed by atoms with E-state index in [1.807, 2.05) is 6.92 Å². The Kier molecular flexibility index (Phi) is 5.89. The van der Waals surface area contributed by atoms with Crippen LogP contribution < -0.4 is 4.74 Å². The molecule has 3 aromatic rings. The van der Waals surface area contributed by atoms with Crippen molar-refractivity contribution in [1.29, 1.82) is 0 Å². The minimum atomic E-state index is -3.42. The minimum Gasteiger partial charge on any atom is -0.403 e. The zero-order chi connectivity index (χ0) is 22.1. The molecule has 0 saturated carbocycles. The fraction of sp³-hybridized carbons (Fsp3) is 0.227. The van der Waals surface area contributed by atoms with Gasteiger partial charge in [-0.1, -0.05) is 18.2 Å². The van der Waals surface area contributed by atoms with Crippen LogP contribution in [0.5, 0.6) is 5.88 Å². The number of aryl methyl sites for hydroxylation is 3. The van der Waals surface area contributed by atoms with Gasteiger partial charge in [0.15, 0.2) is 15.6 Å². The summed E-state index contributed by atoms with van der Waals surface area (Å²) in [7, 11) is -3.42. The van der Waals surface area contributed by atoms with Gasteiger partial charge in [0, 0.05) is 18.4 Å². The van der Waals surface area contributed by atoms with E-state index in [1.165, 1.54) is 23.0 Å². The number of hydrogen-bond acceptors (Lipinski definition) is 6. The molecule has 0 aliphatic heterocycles. The molecule has 30 heavy (non-hydrogen) atoms. The molecule has 7 nitrogen and oxygen atoms in total. The van der Waals surface area contributed by atoms with Gasteiger partial charge < -0.3 is 4.74 Å². The van der Waals surface area contributed by atoms with Gasteiger partial charge in [-0.3, -0.25) is 4.79 Å². The Morgan fingerprint density at radius 1 is 1.03 bits per heavy atom. The summed E-state index contributed by atoms with van der Waals surface area (Å²) in [6.45, 7) is 5.50. The number of rotatable bonds is 6. The van der Waals surface area contributed by atoms with Gasteiger partial charge in [-0.15, -0.1) is 0 Å². The van der Waals surface area contributed by atoms with Crippen LogP contribution in [0.4, 0.5) is 0 Å². The van der Waals surface area contributed by atoms with Gasteiger partial charge in [0.05, 0.1) is 16.7 Å². The quantitative estimate of drug-likeness (QED) is 0.443. The average Bonchev–Trinajstić information content (AvgIpc) is 3.08. The first kappa shape index (κ1) is 21.4. The van der Waals surface area contributed by atoms with Crippen LogP contribution in [0.3, 0.4) is 0 Å². The number of hydrogen-bond donors (Lipinski definition) is 0. The molecule has 0 bridgehead atoms. The van der Waals surface area contributed by atoms with E-state index in [1.54, 1.807) is 44.2 Å². The van der Waals surface area contributed by atoms with E-state index >= 15 is 0 Å². The van der Waals surface area contributed by atoms with Crippen molar-refractivity contribution in [1.82, 2.24) is 9.78 Å². The molecule has 1 heterocycles. The second-order valence-electron chi connectivity index (χ2n) is 6.98. The highest BCUT2D eigenvalue weighted by Crippen LogP contribution is 2.27. The van der Waals surface area contributed by atoms with Crippen molar-refractivity contribution < 1.29 is 22.7 Å². The number of ether oxygens (including phenoxy) is 1. The van der Waals surface area contributed by atoms with Gasteiger partial charge in [-0.05, 0) is 56.2 Å². The normalized spacial score (nSPS) is 11.3. The summed E-state index contributed by atoms with van der Waals surface area (Å²) in [5, 5.41) is 4.15. The third kappa shape index (κ3) is 4.18. The van der Waals surface area contributed by atoms with Crippen molar-refractivity contribution in [2.45, 2.75) is 32.2 Å². The van der Waals surface area contributed by atoms with Crippen molar-refractivity contribution in [2.24, 2.45) is 0 Å². The van der Waals surface area contributed by atoms with E-state index < -0.39 is 21.6 Å². The number of aromatic nitrogens is 2. The second-order valence-corrected chi connectivity index (χ2v) is 8.93. The van der Waals surface area contributed by atoms with E-state index in [9.17, 15) is 18.0 Å². The summed E-state index contributed by atoms with van der Waals surface area (Å²) in [4.78, 5) is 25.9. The predicted octanol–water partition coefficient (Wildman–Crippen LogP) is 3.37. The summed E-state index contributed by atoms with van der Waals surface area (Å²) in [5.74, 6) is -0.949. The van der Waals surface area contributed by atoms with Crippen LogP contribution in [0.25, 0.3) is 0 Å². The Labute approximate surface area is 175 Å². The molecule has 0 unspecified atom stereocenters. The Balaban J connectivity index is 2.02. The summed E-state index contributed by atoms with van der Waals surface area (Å²) < 4.78 is 31.0. The molecule has 0 aliphatic carbocycles. The van der Waals surface area contributed by atoms with Crippen molar-refractivity contribution in [3.05, 3.63) is 76.5 Å². The van der Waals surface area contributed by atoms with Gasteiger partial charge in [-0.25, -0.2) is 17.9 Å². The van der Waals surface area contributed by atoms with Crippen molar-refractivity contribution in [2.75, 3.05) is 6.26 Å². The molecule has 156 valence electrons. The Hall–Kier alpha value is -3.26. The fourth-order valence-corrected chi connectivity index (χ4v) is 4.69. The monoisotopic (exact) mass is 426 g/mol. The molecule has 0 saturated heterocycles. The van der Waals surface area contributed by atoms with Crippen LogP contribution in [-0.2, 0) is 16.4 Å². The molecule has 0 radical (unpaired) electrons. The highest BCUT2D eigenvalue weighted by Gasteiger charge is 2.25. The van der Waals surface area contributed by atoms with Gasteiger partial charge >= 0.3 is 5.97 Å². The minimum absolute atomic E-state index is 0.0545. The number of carbonyl (C=O) groups is 2. The highest BCUT2D eigenvalue weighted by molar-refractivity contribution is 7.90. The number of sulfone groups is 1. The van der Waals surface area contributed by atoms with Crippen LogP contribution >= 0.6 is 0 Å². The molecule has 0 amide bonds. The smallest absolute Gasteiger partial charge is 0.344 e. The van der Waals surface area contributed by atoms with Crippen LogP contribution in [0, 0.1) is 13.8 Å². The lowest BCUT2D eigenvalue weighted by Crippen LogP contribution is -2.15. The van der Waals surface area contributed by atoms with Crippen LogP contribution in [0.2, 0.25) is 0 Å². The topological polar surface area (TPSA) is 95.3 Å². The molecular weight excluding hydrogens is 404 g/mol. The van der Waals surface area contributed by atoms with Crippen LogP contribution in [0.15, 0.2) is 53.6 Å².